The number of aromatic carboxylic acids is 1. The summed E-state index contributed by atoms with van der Waals surface area (Å²) in [7, 11) is 0. The number of carbonyl (C=O) groups excluding carboxylic acids is 1. The number of carboxylic acids is 1. The number of amides is 1. The summed E-state index contributed by atoms with van der Waals surface area (Å²) < 4.78 is 7.71. The van der Waals surface area contributed by atoms with Gasteiger partial charge in [-0.3, -0.25) is 9.36 Å². The number of allylic oxidation sites excluding steroid dienone is 1. The lowest BCUT2D eigenvalue weighted by Crippen LogP contribution is -2.15. The van der Waals surface area contributed by atoms with Crippen LogP contribution in [-0.4, -0.2) is 37.5 Å². The summed E-state index contributed by atoms with van der Waals surface area (Å²) in [4.78, 5) is 23.4. The van der Waals surface area contributed by atoms with Gasteiger partial charge in [0.25, 0.3) is 0 Å². The van der Waals surface area contributed by atoms with Gasteiger partial charge in [-0.15, -0.1) is 16.8 Å². The van der Waals surface area contributed by atoms with Crippen molar-refractivity contribution in [1.82, 2.24) is 14.8 Å². The molecular weight excluding hydrogens is 440 g/mol. The molecule has 3 rings (SSSR count). The van der Waals surface area contributed by atoms with Crippen molar-refractivity contribution >= 4 is 29.3 Å². The second kappa shape index (κ2) is 11.3. The fraction of sp³-hybridized carbons (Fsp3) is 0.250. The van der Waals surface area contributed by atoms with Crippen LogP contribution in [0.2, 0.25) is 0 Å². The molecule has 2 aromatic carbocycles. The van der Waals surface area contributed by atoms with Crippen LogP contribution in [0, 0.1) is 0 Å². The molecule has 172 valence electrons. The molecule has 3 aromatic rings. The second-order valence-corrected chi connectivity index (χ2v) is 8.48. The van der Waals surface area contributed by atoms with E-state index in [1.165, 1.54) is 29.5 Å². The number of ether oxygens (including phenoxy) is 1. The Kier molecular flexibility index (Phi) is 8.26. The third kappa shape index (κ3) is 6.69. The molecule has 2 N–H and O–H groups in total. The van der Waals surface area contributed by atoms with Crippen molar-refractivity contribution in [1.29, 1.82) is 0 Å². The number of nitrogens with one attached hydrogen (secondary N) is 1. The molecule has 0 spiro atoms. The minimum Gasteiger partial charge on any atom is -0.486 e. The zero-order valence-corrected chi connectivity index (χ0v) is 19.3. The van der Waals surface area contributed by atoms with Crippen LogP contribution in [0.1, 0.15) is 41.5 Å². The molecule has 0 fully saturated rings. The Morgan fingerprint density at radius 1 is 1.21 bits per heavy atom. The molecule has 0 aliphatic rings. The summed E-state index contributed by atoms with van der Waals surface area (Å²) in [5.74, 6) is 0.573. The lowest BCUT2D eigenvalue weighted by Gasteiger charge is -2.10. The standard InChI is InChI=1S/C24H26N4O4S/c1-4-12-28-21(14-32-20-10-8-17(9-11-20)16(2)3)26-27-24(28)33-15-22(29)25-19-7-5-6-18(13-19)23(30)31/h4-11,13,16H,1,12,14-15H2,2-3H3,(H,25,29)(H,30,31). The van der Waals surface area contributed by atoms with E-state index in [9.17, 15) is 9.59 Å². The molecule has 0 saturated heterocycles. The first kappa shape index (κ1) is 24.1. The van der Waals surface area contributed by atoms with Crippen molar-refractivity contribution < 1.29 is 19.4 Å². The van der Waals surface area contributed by atoms with Crippen LogP contribution < -0.4 is 10.1 Å². The molecule has 0 aliphatic carbocycles. The van der Waals surface area contributed by atoms with E-state index in [0.29, 0.717) is 29.1 Å². The number of thioether (sulfide) groups is 1. The summed E-state index contributed by atoms with van der Waals surface area (Å²) in [6.45, 7) is 8.77. The van der Waals surface area contributed by atoms with Crippen molar-refractivity contribution in [3.63, 3.8) is 0 Å². The van der Waals surface area contributed by atoms with E-state index >= 15 is 0 Å². The Morgan fingerprint density at radius 3 is 2.64 bits per heavy atom. The lowest BCUT2D eigenvalue weighted by molar-refractivity contribution is -0.113. The Balaban J connectivity index is 1.60. The first-order valence-corrected chi connectivity index (χ1v) is 11.4. The molecule has 0 unspecified atom stereocenters. The Morgan fingerprint density at radius 2 is 1.97 bits per heavy atom. The maximum Gasteiger partial charge on any atom is 0.335 e. The fourth-order valence-electron chi connectivity index (χ4n) is 3.00. The molecule has 8 nitrogen and oxygen atoms in total. The van der Waals surface area contributed by atoms with Gasteiger partial charge in [-0.2, -0.15) is 0 Å². The minimum atomic E-state index is -1.05. The van der Waals surface area contributed by atoms with Gasteiger partial charge in [0.15, 0.2) is 11.0 Å². The lowest BCUT2D eigenvalue weighted by atomic mass is 10.0. The van der Waals surface area contributed by atoms with Gasteiger partial charge in [-0.05, 0) is 41.8 Å². The molecule has 0 bridgehead atoms. The van der Waals surface area contributed by atoms with Crippen LogP contribution in [0.5, 0.6) is 5.75 Å². The molecule has 0 aliphatic heterocycles. The highest BCUT2D eigenvalue weighted by atomic mass is 32.2. The quantitative estimate of drug-likeness (QED) is 0.314. The first-order chi connectivity index (χ1) is 15.9. The van der Waals surface area contributed by atoms with Crippen LogP contribution in [0.15, 0.2) is 66.3 Å². The molecule has 0 atom stereocenters. The number of carboxylic acid groups (broad SMARTS) is 1. The van der Waals surface area contributed by atoms with E-state index in [1.54, 1.807) is 18.2 Å². The van der Waals surface area contributed by atoms with Crippen LogP contribution in [0.4, 0.5) is 5.69 Å². The number of rotatable bonds is 11. The van der Waals surface area contributed by atoms with Crippen LogP contribution in [-0.2, 0) is 17.9 Å². The van der Waals surface area contributed by atoms with E-state index in [4.69, 9.17) is 9.84 Å². The summed E-state index contributed by atoms with van der Waals surface area (Å²) >= 11 is 1.23. The topological polar surface area (TPSA) is 106 Å². The number of carbonyl (C=O) groups is 2. The van der Waals surface area contributed by atoms with Gasteiger partial charge < -0.3 is 15.2 Å². The Labute approximate surface area is 196 Å². The monoisotopic (exact) mass is 466 g/mol. The molecule has 9 heteroatoms. The molecule has 33 heavy (non-hydrogen) atoms. The number of hydrogen-bond acceptors (Lipinski definition) is 6. The predicted molar refractivity (Wildman–Crippen MR) is 128 cm³/mol. The Hall–Kier alpha value is -3.59. The van der Waals surface area contributed by atoms with Crippen molar-refractivity contribution in [2.45, 2.75) is 38.1 Å². The highest BCUT2D eigenvalue weighted by molar-refractivity contribution is 7.99. The number of aromatic nitrogens is 3. The second-order valence-electron chi connectivity index (χ2n) is 7.53. The average Bonchev–Trinajstić information content (AvgIpc) is 3.18. The van der Waals surface area contributed by atoms with Gasteiger partial charge in [-0.25, -0.2) is 4.79 Å². The van der Waals surface area contributed by atoms with Crippen LogP contribution in [0.25, 0.3) is 0 Å². The number of hydrogen-bond donors (Lipinski definition) is 2. The maximum atomic E-state index is 12.3. The maximum absolute atomic E-state index is 12.3. The number of benzene rings is 2. The van der Waals surface area contributed by atoms with Gasteiger partial charge in [0.05, 0.1) is 11.3 Å². The van der Waals surface area contributed by atoms with E-state index in [-0.39, 0.29) is 23.8 Å². The molecule has 0 saturated carbocycles. The fourth-order valence-corrected chi connectivity index (χ4v) is 3.77. The van der Waals surface area contributed by atoms with Crippen molar-refractivity contribution in [2.24, 2.45) is 0 Å². The highest BCUT2D eigenvalue weighted by Gasteiger charge is 2.15. The molecular formula is C24H26N4O4S. The molecule has 1 aromatic heterocycles. The summed E-state index contributed by atoms with van der Waals surface area (Å²) in [5, 5.41) is 20.7. The summed E-state index contributed by atoms with van der Waals surface area (Å²) in [6, 6.07) is 14.0. The van der Waals surface area contributed by atoms with E-state index in [0.717, 1.165) is 5.75 Å². The zero-order chi connectivity index (χ0) is 23.8. The van der Waals surface area contributed by atoms with Gasteiger partial charge in [-0.1, -0.05) is 49.9 Å². The summed E-state index contributed by atoms with van der Waals surface area (Å²) in [5.41, 5.74) is 1.77. The number of nitrogens with zero attached hydrogens (tertiary/aromatic N) is 3. The van der Waals surface area contributed by atoms with Gasteiger partial charge in [0, 0.05) is 12.2 Å². The van der Waals surface area contributed by atoms with Gasteiger partial charge in [0.1, 0.15) is 12.4 Å². The third-order valence-corrected chi connectivity index (χ3v) is 5.71. The predicted octanol–water partition coefficient (Wildman–Crippen LogP) is 4.60. The van der Waals surface area contributed by atoms with Crippen LogP contribution in [0.3, 0.4) is 0 Å². The highest BCUT2D eigenvalue weighted by Crippen LogP contribution is 2.21. The van der Waals surface area contributed by atoms with Gasteiger partial charge >= 0.3 is 5.97 Å². The normalized spacial score (nSPS) is 10.8. The van der Waals surface area contributed by atoms with Crippen molar-refractivity contribution in [3.8, 4) is 5.75 Å². The average molecular weight is 467 g/mol. The van der Waals surface area contributed by atoms with E-state index in [1.807, 2.05) is 28.8 Å². The summed E-state index contributed by atoms with van der Waals surface area (Å²) in [6.07, 6.45) is 1.73. The third-order valence-electron chi connectivity index (χ3n) is 4.75. The minimum absolute atomic E-state index is 0.0874. The molecule has 0 radical (unpaired) electrons. The van der Waals surface area contributed by atoms with E-state index < -0.39 is 5.97 Å². The zero-order valence-electron chi connectivity index (χ0n) is 18.5. The smallest absolute Gasteiger partial charge is 0.335 e. The van der Waals surface area contributed by atoms with Crippen molar-refractivity contribution in [3.05, 3.63) is 78.1 Å². The number of anilines is 1. The van der Waals surface area contributed by atoms with Crippen molar-refractivity contribution in [2.75, 3.05) is 11.1 Å². The SMILES string of the molecule is C=CCn1c(COc2ccc(C(C)C)cc2)nnc1SCC(=O)Nc1cccc(C(=O)O)c1. The van der Waals surface area contributed by atoms with E-state index in [2.05, 4.69) is 35.9 Å². The Bertz CT molecular complexity index is 1130. The first-order valence-electron chi connectivity index (χ1n) is 10.4. The molecule has 1 heterocycles. The molecule has 1 amide bonds. The largest absolute Gasteiger partial charge is 0.486 e. The van der Waals surface area contributed by atoms with Crippen LogP contribution >= 0.6 is 11.8 Å². The van der Waals surface area contributed by atoms with Gasteiger partial charge in [0.2, 0.25) is 5.91 Å².